The number of anilines is 1. The fourth-order valence-corrected chi connectivity index (χ4v) is 2.27. The molecule has 0 unspecified atom stereocenters. The number of nitrogens with one attached hydrogen (secondary N) is 1. The van der Waals surface area contributed by atoms with E-state index in [1.165, 1.54) is 6.26 Å². The molecule has 1 N–H and O–H groups in total. The van der Waals surface area contributed by atoms with Crippen molar-refractivity contribution >= 4 is 23.2 Å². The van der Waals surface area contributed by atoms with E-state index in [9.17, 15) is 4.79 Å². The summed E-state index contributed by atoms with van der Waals surface area (Å²) in [7, 11) is 0. The number of halogens is 1. The zero-order valence-corrected chi connectivity index (χ0v) is 11.9. The second-order valence-electron chi connectivity index (χ2n) is 5.38. The van der Waals surface area contributed by atoms with Crippen LogP contribution in [0.25, 0.3) is 0 Å². The first-order chi connectivity index (χ1) is 8.88. The molecule has 4 heteroatoms. The van der Waals surface area contributed by atoms with Gasteiger partial charge in [-0.1, -0.05) is 38.4 Å². The van der Waals surface area contributed by atoms with Gasteiger partial charge >= 0.3 is 0 Å². The SMILES string of the molecule is CC(C)(C)c1ccc(NC(=O)c2ccco2)cc1Cl. The average Bonchev–Trinajstić information content (AvgIpc) is 2.80. The molecule has 0 spiro atoms. The van der Waals surface area contributed by atoms with E-state index in [2.05, 4.69) is 26.1 Å². The Hall–Kier alpha value is -1.74. The molecule has 0 saturated heterocycles. The second kappa shape index (κ2) is 5.10. The van der Waals surface area contributed by atoms with Crippen molar-refractivity contribution in [3.63, 3.8) is 0 Å². The number of carbonyl (C=O) groups is 1. The monoisotopic (exact) mass is 277 g/mol. The molecule has 1 heterocycles. The Bertz CT molecular complexity index is 583. The van der Waals surface area contributed by atoms with Gasteiger partial charge in [-0.25, -0.2) is 0 Å². The fourth-order valence-electron chi connectivity index (χ4n) is 1.80. The molecule has 2 aromatic rings. The molecule has 0 atom stereocenters. The summed E-state index contributed by atoms with van der Waals surface area (Å²) in [5.41, 5.74) is 1.67. The Balaban J connectivity index is 2.19. The van der Waals surface area contributed by atoms with Crippen molar-refractivity contribution in [1.82, 2.24) is 0 Å². The minimum Gasteiger partial charge on any atom is -0.459 e. The van der Waals surface area contributed by atoms with Crippen LogP contribution in [0.5, 0.6) is 0 Å². The molecule has 1 amide bonds. The van der Waals surface area contributed by atoms with Crippen LogP contribution in [0.2, 0.25) is 5.02 Å². The highest BCUT2D eigenvalue weighted by Crippen LogP contribution is 2.31. The summed E-state index contributed by atoms with van der Waals surface area (Å²) < 4.78 is 5.03. The van der Waals surface area contributed by atoms with Crippen molar-refractivity contribution in [2.24, 2.45) is 0 Å². The standard InChI is InChI=1S/C15H16ClNO2/c1-15(2,3)11-7-6-10(9-12(11)16)17-14(18)13-5-4-8-19-13/h4-9H,1-3H3,(H,17,18). The van der Waals surface area contributed by atoms with E-state index in [4.69, 9.17) is 16.0 Å². The van der Waals surface area contributed by atoms with Crippen LogP contribution in [0, 0.1) is 0 Å². The van der Waals surface area contributed by atoms with Gasteiger partial charge in [0.05, 0.1) is 6.26 Å². The van der Waals surface area contributed by atoms with E-state index in [-0.39, 0.29) is 17.1 Å². The molecule has 2 rings (SSSR count). The summed E-state index contributed by atoms with van der Waals surface area (Å²) >= 11 is 6.25. The molecule has 3 nitrogen and oxygen atoms in total. The lowest BCUT2D eigenvalue weighted by atomic mass is 9.87. The molecular formula is C15H16ClNO2. The third kappa shape index (κ3) is 3.18. The van der Waals surface area contributed by atoms with Gasteiger partial charge in [0.15, 0.2) is 5.76 Å². The predicted molar refractivity (Wildman–Crippen MR) is 76.8 cm³/mol. The van der Waals surface area contributed by atoms with Gasteiger partial charge in [0.25, 0.3) is 5.91 Å². The van der Waals surface area contributed by atoms with Crippen LogP contribution in [0.4, 0.5) is 5.69 Å². The minimum absolute atomic E-state index is 0.0271. The molecule has 0 aliphatic rings. The number of carbonyl (C=O) groups excluding carboxylic acids is 1. The smallest absolute Gasteiger partial charge is 0.291 e. The lowest BCUT2D eigenvalue weighted by Crippen LogP contribution is -2.14. The third-order valence-electron chi connectivity index (χ3n) is 2.78. The Labute approximate surface area is 117 Å². The van der Waals surface area contributed by atoms with Crippen molar-refractivity contribution in [2.45, 2.75) is 26.2 Å². The molecule has 0 aliphatic heterocycles. The number of furan rings is 1. The molecule has 0 saturated carbocycles. The van der Waals surface area contributed by atoms with Gasteiger partial charge in [0, 0.05) is 10.7 Å². The Kier molecular flexibility index (Phi) is 3.67. The number of hydrogen-bond donors (Lipinski definition) is 1. The maximum Gasteiger partial charge on any atom is 0.291 e. The first-order valence-electron chi connectivity index (χ1n) is 6.03. The Morgan fingerprint density at radius 3 is 2.53 bits per heavy atom. The molecule has 0 radical (unpaired) electrons. The van der Waals surface area contributed by atoms with Gasteiger partial charge in [0.2, 0.25) is 0 Å². The molecule has 0 aliphatic carbocycles. The molecule has 19 heavy (non-hydrogen) atoms. The van der Waals surface area contributed by atoms with E-state index in [1.54, 1.807) is 18.2 Å². The van der Waals surface area contributed by atoms with Crippen molar-refractivity contribution in [3.8, 4) is 0 Å². The van der Waals surface area contributed by atoms with Crippen molar-refractivity contribution in [2.75, 3.05) is 5.32 Å². The molecule has 0 fully saturated rings. The summed E-state index contributed by atoms with van der Waals surface area (Å²) in [4.78, 5) is 11.8. The second-order valence-corrected chi connectivity index (χ2v) is 5.78. The van der Waals surface area contributed by atoms with E-state index < -0.39 is 0 Å². The van der Waals surface area contributed by atoms with E-state index in [0.29, 0.717) is 10.7 Å². The van der Waals surface area contributed by atoms with E-state index in [0.717, 1.165) is 5.56 Å². The summed E-state index contributed by atoms with van der Waals surface area (Å²) in [5.74, 6) is -0.0133. The Morgan fingerprint density at radius 2 is 2.00 bits per heavy atom. The van der Waals surface area contributed by atoms with Crippen LogP contribution in [0.1, 0.15) is 36.9 Å². The first kappa shape index (κ1) is 13.7. The van der Waals surface area contributed by atoms with Gasteiger partial charge in [-0.15, -0.1) is 0 Å². The van der Waals surface area contributed by atoms with Crippen LogP contribution >= 0.6 is 11.6 Å². The van der Waals surface area contributed by atoms with Crippen LogP contribution in [0.15, 0.2) is 41.0 Å². The van der Waals surface area contributed by atoms with Crippen molar-refractivity contribution in [1.29, 1.82) is 0 Å². The summed E-state index contributed by atoms with van der Waals surface area (Å²) in [5, 5.41) is 3.39. The number of rotatable bonds is 2. The Morgan fingerprint density at radius 1 is 1.26 bits per heavy atom. The topological polar surface area (TPSA) is 42.2 Å². The maximum absolute atomic E-state index is 11.8. The van der Waals surface area contributed by atoms with Gasteiger partial charge in [-0.3, -0.25) is 4.79 Å². The highest BCUT2D eigenvalue weighted by molar-refractivity contribution is 6.31. The number of benzene rings is 1. The van der Waals surface area contributed by atoms with E-state index >= 15 is 0 Å². The maximum atomic E-state index is 11.8. The average molecular weight is 278 g/mol. The minimum atomic E-state index is -0.287. The normalized spacial score (nSPS) is 11.4. The number of amides is 1. The highest BCUT2D eigenvalue weighted by atomic mass is 35.5. The number of hydrogen-bond acceptors (Lipinski definition) is 2. The molecule has 0 bridgehead atoms. The molecule has 1 aromatic carbocycles. The van der Waals surface area contributed by atoms with Crippen LogP contribution in [-0.2, 0) is 5.41 Å². The molecule has 100 valence electrons. The van der Waals surface area contributed by atoms with Gasteiger partial charge in [-0.05, 0) is 35.2 Å². The van der Waals surface area contributed by atoms with Gasteiger partial charge in [-0.2, -0.15) is 0 Å². The highest BCUT2D eigenvalue weighted by Gasteiger charge is 2.18. The fraction of sp³-hybridized carbons (Fsp3) is 0.267. The molecular weight excluding hydrogens is 262 g/mol. The summed E-state index contributed by atoms with van der Waals surface area (Å²) in [6.45, 7) is 6.28. The predicted octanol–water partition coefficient (Wildman–Crippen LogP) is 4.48. The van der Waals surface area contributed by atoms with Crippen molar-refractivity contribution in [3.05, 3.63) is 52.9 Å². The zero-order valence-electron chi connectivity index (χ0n) is 11.2. The van der Waals surface area contributed by atoms with Gasteiger partial charge in [0.1, 0.15) is 0 Å². The van der Waals surface area contributed by atoms with Crippen LogP contribution in [-0.4, -0.2) is 5.91 Å². The van der Waals surface area contributed by atoms with E-state index in [1.807, 2.05) is 12.1 Å². The van der Waals surface area contributed by atoms with Crippen LogP contribution in [0.3, 0.4) is 0 Å². The summed E-state index contributed by atoms with van der Waals surface area (Å²) in [6.07, 6.45) is 1.46. The zero-order chi connectivity index (χ0) is 14.0. The lowest BCUT2D eigenvalue weighted by molar-refractivity contribution is 0.0996. The largest absolute Gasteiger partial charge is 0.459 e. The van der Waals surface area contributed by atoms with Crippen LogP contribution < -0.4 is 5.32 Å². The third-order valence-corrected chi connectivity index (χ3v) is 3.09. The van der Waals surface area contributed by atoms with Crippen molar-refractivity contribution < 1.29 is 9.21 Å². The quantitative estimate of drug-likeness (QED) is 0.879. The van der Waals surface area contributed by atoms with Gasteiger partial charge < -0.3 is 9.73 Å². The first-order valence-corrected chi connectivity index (χ1v) is 6.40. The summed E-state index contributed by atoms with van der Waals surface area (Å²) in [6, 6.07) is 8.81. The lowest BCUT2D eigenvalue weighted by Gasteiger charge is -2.21. The molecule has 1 aromatic heterocycles.